The van der Waals surface area contributed by atoms with Crippen LogP contribution >= 0.6 is 11.6 Å². The largest absolute Gasteiger partial charge is 0.387 e. The van der Waals surface area contributed by atoms with Crippen LogP contribution in [0.5, 0.6) is 0 Å². The minimum absolute atomic E-state index is 0.508. The van der Waals surface area contributed by atoms with Crippen LogP contribution in [0.1, 0.15) is 18.4 Å². The molecule has 1 aromatic carbocycles. The second-order valence-corrected chi connectivity index (χ2v) is 4.18. The lowest BCUT2D eigenvalue weighted by molar-refractivity contribution is 1.15. The number of aliphatic imine (C=N–C) groups is 1. The van der Waals surface area contributed by atoms with Crippen molar-refractivity contribution in [3.8, 4) is 0 Å². The van der Waals surface area contributed by atoms with Crippen LogP contribution in [0.4, 0.5) is 5.69 Å². The predicted octanol–water partition coefficient (Wildman–Crippen LogP) is 3.05. The highest BCUT2D eigenvalue weighted by Gasteiger charge is 2.25. The SMILES string of the molecule is Cc1ccc(Cl)cc1N=C(N)C1CC1. The molecular weight excluding hydrogens is 196 g/mol. The van der Waals surface area contributed by atoms with Crippen molar-refractivity contribution in [2.45, 2.75) is 19.8 Å². The third kappa shape index (κ3) is 2.07. The highest BCUT2D eigenvalue weighted by atomic mass is 35.5. The molecule has 1 aliphatic carbocycles. The molecule has 0 saturated heterocycles. The summed E-state index contributed by atoms with van der Waals surface area (Å²) in [6, 6.07) is 5.68. The fourth-order valence-electron chi connectivity index (χ4n) is 1.31. The number of halogens is 1. The third-order valence-electron chi connectivity index (χ3n) is 2.42. The van der Waals surface area contributed by atoms with Crippen molar-refractivity contribution in [1.82, 2.24) is 0 Å². The zero-order valence-corrected chi connectivity index (χ0v) is 8.88. The summed E-state index contributed by atoms with van der Waals surface area (Å²) in [7, 11) is 0. The molecule has 2 nitrogen and oxygen atoms in total. The molecule has 1 aromatic rings. The number of nitrogens with zero attached hydrogens (tertiary/aromatic N) is 1. The summed E-state index contributed by atoms with van der Waals surface area (Å²) in [6.07, 6.45) is 2.35. The lowest BCUT2D eigenvalue weighted by Crippen LogP contribution is -2.13. The summed E-state index contributed by atoms with van der Waals surface area (Å²) in [4.78, 5) is 4.39. The van der Waals surface area contributed by atoms with Gasteiger partial charge in [-0.1, -0.05) is 17.7 Å². The molecule has 3 heteroatoms. The molecule has 0 aromatic heterocycles. The van der Waals surface area contributed by atoms with E-state index in [1.807, 2.05) is 25.1 Å². The first-order valence-corrected chi connectivity index (χ1v) is 5.15. The van der Waals surface area contributed by atoms with Crippen LogP contribution in [0.15, 0.2) is 23.2 Å². The van der Waals surface area contributed by atoms with E-state index < -0.39 is 0 Å². The first kappa shape index (κ1) is 9.53. The number of benzene rings is 1. The van der Waals surface area contributed by atoms with Gasteiger partial charge in [0.1, 0.15) is 5.84 Å². The average Bonchev–Trinajstić information content (AvgIpc) is 2.94. The maximum absolute atomic E-state index is 5.89. The zero-order valence-electron chi connectivity index (χ0n) is 8.13. The van der Waals surface area contributed by atoms with Gasteiger partial charge in [0.15, 0.2) is 0 Å². The molecule has 0 spiro atoms. The topological polar surface area (TPSA) is 38.4 Å². The van der Waals surface area contributed by atoms with E-state index >= 15 is 0 Å². The first-order chi connectivity index (χ1) is 6.66. The number of amidine groups is 1. The molecule has 0 atom stereocenters. The Kier molecular flexibility index (Phi) is 2.46. The van der Waals surface area contributed by atoms with Gasteiger partial charge in [0.2, 0.25) is 0 Å². The van der Waals surface area contributed by atoms with Gasteiger partial charge in [-0.3, -0.25) is 0 Å². The van der Waals surface area contributed by atoms with E-state index in [0.717, 1.165) is 17.1 Å². The van der Waals surface area contributed by atoms with Gasteiger partial charge in [0.25, 0.3) is 0 Å². The molecule has 0 radical (unpaired) electrons. The smallest absolute Gasteiger partial charge is 0.103 e. The van der Waals surface area contributed by atoms with Gasteiger partial charge in [-0.25, -0.2) is 4.99 Å². The second kappa shape index (κ2) is 3.62. The fraction of sp³-hybridized carbons (Fsp3) is 0.364. The molecule has 1 saturated carbocycles. The van der Waals surface area contributed by atoms with Gasteiger partial charge in [-0.05, 0) is 37.5 Å². The second-order valence-electron chi connectivity index (χ2n) is 3.74. The van der Waals surface area contributed by atoms with Gasteiger partial charge < -0.3 is 5.73 Å². The molecule has 0 aliphatic heterocycles. The van der Waals surface area contributed by atoms with E-state index in [1.165, 1.54) is 12.8 Å². The molecule has 1 fully saturated rings. The number of hydrogen-bond acceptors (Lipinski definition) is 1. The zero-order chi connectivity index (χ0) is 10.1. The van der Waals surface area contributed by atoms with Crippen LogP contribution in [0, 0.1) is 12.8 Å². The molecule has 0 bridgehead atoms. The van der Waals surface area contributed by atoms with Crippen LogP contribution in [0.2, 0.25) is 5.02 Å². The van der Waals surface area contributed by atoms with Crippen molar-refractivity contribution in [1.29, 1.82) is 0 Å². The van der Waals surface area contributed by atoms with E-state index in [-0.39, 0.29) is 0 Å². The van der Waals surface area contributed by atoms with Crippen LogP contribution in [-0.4, -0.2) is 5.84 Å². The van der Waals surface area contributed by atoms with Crippen LogP contribution in [0.3, 0.4) is 0 Å². The summed E-state index contributed by atoms with van der Waals surface area (Å²) in [5, 5.41) is 0.706. The minimum Gasteiger partial charge on any atom is -0.387 e. The van der Waals surface area contributed by atoms with Gasteiger partial charge in [-0.2, -0.15) is 0 Å². The molecule has 74 valence electrons. The normalized spacial score (nSPS) is 17.1. The molecule has 14 heavy (non-hydrogen) atoms. The van der Waals surface area contributed by atoms with Crippen molar-refractivity contribution in [3.63, 3.8) is 0 Å². The Morgan fingerprint density at radius 2 is 2.21 bits per heavy atom. The standard InChI is InChI=1S/C11H13ClN2/c1-7-2-5-9(12)6-10(7)14-11(13)8-3-4-8/h2,5-6,8H,3-4H2,1H3,(H2,13,14). The van der Waals surface area contributed by atoms with E-state index in [2.05, 4.69) is 4.99 Å². The van der Waals surface area contributed by atoms with Gasteiger partial charge in [0, 0.05) is 10.9 Å². The van der Waals surface area contributed by atoms with Crippen molar-refractivity contribution in [3.05, 3.63) is 28.8 Å². The molecule has 1 aliphatic rings. The maximum Gasteiger partial charge on any atom is 0.103 e. The Labute approximate surface area is 88.8 Å². The Morgan fingerprint density at radius 3 is 2.86 bits per heavy atom. The number of hydrogen-bond donors (Lipinski definition) is 1. The molecule has 0 heterocycles. The van der Waals surface area contributed by atoms with Crippen LogP contribution in [0.25, 0.3) is 0 Å². The Balaban J connectivity index is 2.30. The highest BCUT2D eigenvalue weighted by molar-refractivity contribution is 6.30. The van der Waals surface area contributed by atoms with Crippen molar-refractivity contribution < 1.29 is 0 Å². The average molecular weight is 209 g/mol. The van der Waals surface area contributed by atoms with E-state index in [0.29, 0.717) is 10.9 Å². The summed E-state index contributed by atoms with van der Waals surface area (Å²) in [5.41, 5.74) is 7.84. The number of rotatable bonds is 2. The van der Waals surface area contributed by atoms with Crippen molar-refractivity contribution >= 4 is 23.1 Å². The first-order valence-electron chi connectivity index (χ1n) is 4.77. The molecular formula is C11H13ClN2. The Hall–Kier alpha value is -1.02. The van der Waals surface area contributed by atoms with Gasteiger partial charge >= 0.3 is 0 Å². The van der Waals surface area contributed by atoms with Crippen molar-refractivity contribution in [2.75, 3.05) is 0 Å². The Bertz CT molecular complexity index is 381. The van der Waals surface area contributed by atoms with E-state index in [4.69, 9.17) is 17.3 Å². The summed E-state index contributed by atoms with van der Waals surface area (Å²) < 4.78 is 0. The Morgan fingerprint density at radius 1 is 1.50 bits per heavy atom. The molecule has 2 N–H and O–H groups in total. The van der Waals surface area contributed by atoms with E-state index in [1.54, 1.807) is 0 Å². The molecule has 0 amide bonds. The molecule has 0 unspecified atom stereocenters. The molecule has 2 rings (SSSR count). The number of nitrogens with two attached hydrogens (primary N) is 1. The summed E-state index contributed by atoms with van der Waals surface area (Å²) in [6.45, 7) is 2.01. The number of aryl methyl sites for hydroxylation is 1. The van der Waals surface area contributed by atoms with Crippen molar-refractivity contribution in [2.24, 2.45) is 16.6 Å². The quantitative estimate of drug-likeness (QED) is 0.589. The lowest BCUT2D eigenvalue weighted by Gasteiger charge is -2.02. The monoisotopic (exact) mass is 208 g/mol. The predicted molar refractivity (Wildman–Crippen MR) is 60.2 cm³/mol. The van der Waals surface area contributed by atoms with Gasteiger partial charge in [0.05, 0.1) is 5.69 Å². The van der Waals surface area contributed by atoms with Gasteiger partial charge in [-0.15, -0.1) is 0 Å². The van der Waals surface area contributed by atoms with E-state index in [9.17, 15) is 0 Å². The van der Waals surface area contributed by atoms with Crippen LogP contribution in [-0.2, 0) is 0 Å². The summed E-state index contributed by atoms with van der Waals surface area (Å²) >= 11 is 5.89. The minimum atomic E-state index is 0.508. The third-order valence-corrected chi connectivity index (χ3v) is 2.65. The van der Waals surface area contributed by atoms with Crippen LogP contribution < -0.4 is 5.73 Å². The fourth-order valence-corrected chi connectivity index (χ4v) is 1.48. The lowest BCUT2D eigenvalue weighted by atomic mass is 10.2. The highest BCUT2D eigenvalue weighted by Crippen LogP contribution is 2.31. The maximum atomic E-state index is 5.89. The summed E-state index contributed by atoms with van der Waals surface area (Å²) in [5.74, 6) is 1.25.